The largest absolute Gasteiger partial charge is 0.461 e. The van der Waals surface area contributed by atoms with E-state index in [2.05, 4.69) is 70.2 Å². The van der Waals surface area contributed by atoms with E-state index in [0.717, 1.165) is 30.4 Å². The Labute approximate surface area is 365 Å². The Morgan fingerprint density at radius 2 is 1.25 bits per heavy atom. The molecule has 13 nitrogen and oxygen atoms in total. The van der Waals surface area contributed by atoms with Crippen molar-refractivity contribution in [2.24, 2.45) is 0 Å². The number of furan rings is 2. The number of hydrogen-bond acceptors (Lipinski definition) is 11. The van der Waals surface area contributed by atoms with Gasteiger partial charge >= 0.3 is 11.4 Å². The van der Waals surface area contributed by atoms with Crippen LogP contribution in [0.2, 0.25) is 0 Å². The average Bonchev–Trinajstić information content (AvgIpc) is 4.08. The molecule has 2 saturated heterocycles. The summed E-state index contributed by atoms with van der Waals surface area (Å²) in [5.41, 5.74) is -0.218. The number of aliphatic hydroxyl groups excluding tert-OH is 3. The predicted molar refractivity (Wildman–Crippen MR) is 242 cm³/mol. The van der Waals surface area contributed by atoms with Gasteiger partial charge in [0.15, 0.2) is 5.76 Å². The van der Waals surface area contributed by atoms with Crippen molar-refractivity contribution in [3.63, 3.8) is 0 Å². The van der Waals surface area contributed by atoms with E-state index in [1.165, 1.54) is 60.5 Å². The highest BCUT2D eigenvalue weighted by Gasteiger charge is 2.28. The van der Waals surface area contributed by atoms with Crippen LogP contribution in [-0.4, -0.2) is 59.8 Å². The third-order valence-electron chi connectivity index (χ3n) is 9.44. The highest BCUT2D eigenvalue weighted by Crippen LogP contribution is 2.29. The van der Waals surface area contributed by atoms with Gasteiger partial charge in [0.05, 0.1) is 36.2 Å². The summed E-state index contributed by atoms with van der Waals surface area (Å²) in [5.74, 6) is 26.1. The Balaban J connectivity index is -0.000000483. The standard InChI is InChI=1S/C22H34N2O4.C20H14N2O4.C4HClO.7H2/c1-2-3-4-5-6-7-8-9-10-11-18-14-17-15-24(22(26)23-21(17)28-18)20-13-12-19(16-25)27-20;1-2-3-4-5-6-7-8-9-16-12-15-13-22(20(24)21-19(15)26-16)18-11-10-17(14-23)25-18;5-3-1-2-4-6;;;;;;;/h14-15,19-20,25H,2-13,16H2,1H3;12-13,17-18,23H,10-11,14H2,1H3;6H;7*1H. The monoisotopic (exact) mass is 850 g/mol. The van der Waals surface area contributed by atoms with Crippen LogP contribution in [0.3, 0.4) is 0 Å². The molecule has 2 aliphatic rings. The van der Waals surface area contributed by atoms with Crippen LogP contribution in [0.15, 0.2) is 42.9 Å². The summed E-state index contributed by atoms with van der Waals surface area (Å²) in [6.07, 6.45) is 19.1. The van der Waals surface area contributed by atoms with Crippen molar-refractivity contribution in [2.45, 2.75) is 128 Å². The van der Waals surface area contributed by atoms with Crippen LogP contribution in [0, 0.1) is 70.7 Å². The fraction of sp³-hybridized carbons (Fsp3) is 0.478. The first-order valence-corrected chi connectivity index (χ1v) is 20.5. The number of rotatable bonds is 14. The molecule has 60 heavy (non-hydrogen) atoms. The molecule has 0 amide bonds. The van der Waals surface area contributed by atoms with E-state index in [9.17, 15) is 14.7 Å². The maximum absolute atomic E-state index is 12.3. The molecular formula is C46H63ClN4O9. The van der Waals surface area contributed by atoms with Crippen molar-refractivity contribution in [1.29, 1.82) is 0 Å². The van der Waals surface area contributed by atoms with Gasteiger partial charge in [-0.3, -0.25) is 9.13 Å². The number of nitrogens with zero attached hydrogens (tertiary/aromatic N) is 4. The molecular weight excluding hydrogens is 788 g/mol. The number of aryl methyl sites for hydroxylation is 1. The first kappa shape index (κ1) is 46.8. The number of halogens is 1. The van der Waals surface area contributed by atoms with Crippen molar-refractivity contribution in [3.05, 3.63) is 57.0 Å². The molecule has 6 rings (SSSR count). The zero-order valence-electron chi connectivity index (χ0n) is 33.9. The van der Waals surface area contributed by atoms with Crippen LogP contribution >= 0.6 is 11.6 Å². The van der Waals surface area contributed by atoms with Gasteiger partial charge in [-0.05, 0) is 98.1 Å². The van der Waals surface area contributed by atoms with Gasteiger partial charge in [0, 0.05) is 52.1 Å². The zero-order valence-corrected chi connectivity index (χ0v) is 34.6. The van der Waals surface area contributed by atoms with Gasteiger partial charge < -0.3 is 33.6 Å². The summed E-state index contributed by atoms with van der Waals surface area (Å²) in [5, 5.41) is 29.5. The van der Waals surface area contributed by atoms with Gasteiger partial charge in [-0.1, -0.05) is 64.2 Å². The first-order valence-electron chi connectivity index (χ1n) is 20.1. The Morgan fingerprint density at radius 3 is 1.77 bits per heavy atom. The van der Waals surface area contributed by atoms with Crippen LogP contribution in [-0.2, 0) is 15.9 Å². The van der Waals surface area contributed by atoms with Crippen LogP contribution in [0.4, 0.5) is 0 Å². The topological polar surface area (TPSA) is 175 Å². The van der Waals surface area contributed by atoms with E-state index in [0.29, 0.717) is 36.1 Å². The van der Waals surface area contributed by atoms with Gasteiger partial charge in [-0.2, -0.15) is 9.97 Å². The number of fused-ring (bicyclic) bond motifs is 2. The number of aromatic nitrogens is 4. The second-order valence-electron chi connectivity index (χ2n) is 13.8. The minimum Gasteiger partial charge on any atom is -0.461 e. The Bertz CT molecular complexity index is 2530. The first-order chi connectivity index (χ1) is 29.3. The molecule has 0 spiro atoms. The minimum absolute atomic E-state index is 0. The molecule has 6 heterocycles. The minimum atomic E-state index is -0.470. The second kappa shape index (κ2) is 26.3. The molecule has 0 aliphatic carbocycles. The molecule has 0 radical (unpaired) electrons. The van der Waals surface area contributed by atoms with Crippen molar-refractivity contribution in [3.8, 4) is 70.7 Å². The number of ether oxygens (including phenoxy) is 2. The number of aliphatic hydroxyl groups is 3. The molecule has 2 fully saturated rings. The van der Waals surface area contributed by atoms with E-state index < -0.39 is 11.9 Å². The lowest BCUT2D eigenvalue weighted by molar-refractivity contribution is -0.0244. The van der Waals surface area contributed by atoms with Gasteiger partial charge in [-0.25, -0.2) is 9.59 Å². The third kappa shape index (κ3) is 15.1. The molecule has 0 bridgehead atoms. The average molecular weight is 851 g/mol. The van der Waals surface area contributed by atoms with Crippen LogP contribution < -0.4 is 11.4 Å². The van der Waals surface area contributed by atoms with E-state index in [1.807, 2.05) is 17.4 Å². The smallest absolute Gasteiger partial charge is 0.353 e. The summed E-state index contributed by atoms with van der Waals surface area (Å²) in [4.78, 5) is 32.5. The molecule has 328 valence electrons. The molecule has 0 aromatic carbocycles. The summed E-state index contributed by atoms with van der Waals surface area (Å²) >= 11 is 4.81. The van der Waals surface area contributed by atoms with Crippen LogP contribution in [0.25, 0.3) is 22.2 Å². The molecule has 4 unspecified atom stereocenters. The maximum Gasteiger partial charge on any atom is 0.353 e. The van der Waals surface area contributed by atoms with Gasteiger partial charge in [0.25, 0.3) is 0 Å². The fourth-order valence-corrected chi connectivity index (χ4v) is 6.54. The Kier molecular flexibility index (Phi) is 20.5. The molecule has 4 aromatic heterocycles. The number of hydrogen-bond donors (Lipinski definition) is 3. The molecule has 4 atom stereocenters. The van der Waals surface area contributed by atoms with E-state index in [-0.39, 0.29) is 53.0 Å². The SMILES string of the molecule is CC#CC#CC#CC#Cc1cc2cn(C3CCC(CO)O3)c(=O)nc2o1.CCCCCCCCCCCc1cc2cn(C3CCC(CO)O3)c(=O)nc2o1.OC#CC#CCl.[HH].[HH].[HH].[HH].[HH].[HH].[HH]. The lowest BCUT2D eigenvalue weighted by atomic mass is 10.1. The lowest BCUT2D eigenvalue weighted by Crippen LogP contribution is -2.27. The Hall–Kier alpha value is -5.87. The maximum atomic E-state index is 12.3. The lowest BCUT2D eigenvalue weighted by Gasteiger charge is -2.14. The van der Waals surface area contributed by atoms with E-state index in [4.69, 9.17) is 40.1 Å². The molecule has 0 saturated carbocycles. The summed E-state index contributed by atoms with van der Waals surface area (Å²) in [6.45, 7) is 3.86. The molecule has 3 N–H and O–H groups in total. The third-order valence-corrected chi connectivity index (χ3v) is 9.53. The second-order valence-corrected chi connectivity index (χ2v) is 14.0. The number of unbranched alkanes of at least 4 members (excludes halogenated alkanes) is 8. The summed E-state index contributed by atoms with van der Waals surface area (Å²) in [7, 11) is 0. The van der Waals surface area contributed by atoms with E-state index in [1.54, 1.807) is 31.5 Å². The van der Waals surface area contributed by atoms with Crippen molar-refractivity contribution < 1.29 is 43.6 Å². The van der Waals surface area contributed by atoms with Gasteiger partial charge in [-0.15, -0.1) is 0 Å². The Morgan fingerprint density at radius 1 is 0.717 bits per heavy atom. The van der Waals surface area contributed by atoms with Gasteiger partial charge in [0.2, 0.25) is 11.4 Å². The highest BCUT2D eigenvalue weighted by molar-refractivity contribution is 6.30. The zero-order chi connectivity index (χ0) is 43.0. The predicted octanol–water partition coefficient (Wildman–Crippen LogP) is 8.02. The normalized spacial score (nSPS) is 17.2. The molecule has 4 aromatic rings. The summed E-state index contributed by atoms with van der Waals surface area (Å²) < 4.78 is 25.5. The quantitative estimate of drug-likeness (QED) is 0.0828. The van der Waals surface area contributed by atoms with Crippen molar-refractivity contribution >= 4 is 33.8 Å². The van der Waals surface area contributed by atoms with Crippen molar-refractivity contribution in [1.82, 2.24) is 19.1 Å². The van der Waals surface area contributed by atoms with Crippen LogP contribution in [0.1, 0.15) is 131 Å². The van der Waals surface area contributed by atoms with Crippen LogP contribution in [0.5, 0.6) is 0 Å². The molecule has 2 aliphatic heterocycles. The molecule has 14 heteroatoms. The van der Waals surface area contributed by atoms with Crippen molar-refractivity contribution in [2.75, 3.05) is 13.2 Å². The summed E-state index contributed by atoms with van der Waals surface area (Å²) in [6, 6.07) is 3.67. The van der Waals surface area contributed by atoms with E-state index >= 15 is 0 Å². The van der Waals surface area contributed by atoms with Gasteiger partial charge in [0.1, 0.15) is 24.3 Å². The highest BCUT2D eigenvalue weighted by atomic mass is 35.5. The fourth-order valence-electron chi connectivity index (χ4n) is 6.49.